The van der Waals surface area contributed by atoms with Crippen molar-refractivity contribution in [2.75, 3.05) is 18.7 Å². The maximum Gasteiger partial charge on any atom is 0.231 e. The van der Waals surface area contributed by atoms with E-state index in [2.05, 4.69) is 5.32 Å². The molecule has 1 aromatic rings. The van der Waals surface area contributed by atoms with E-state index in [9.17, 15) is 4.79 Å². The van der Waals surface area contributed by atoms with Crippen molar-refractivity contribution in [2.45, 2.75) is 13.3 Å². The third kappa shape index (κ3) is 2.40. The number of benzene rings is 1. The topological polar surface area (TPSA) is 47.6 Å². The molecule has 0 bridgehead atoms. The van der Waals surface area contributed by atoms with Crippen molar-refractivity contribution in [3.8, 4) is 11.5 Å². The maximum atomic E-state index is 10.7. The van der Waals surface area contributed by atoms with Crippen molar-refractivity contribution < 1.29 is 14.3 Å². The van der Waals surface area contributed by atoms with Gasteiger partial charge in [0.15, 0.2) is 11.5 Å². The van der Waals surface area contributed by atoms with Crippen molar-refractivity contribution in [3.63, 3.8) is 0 Å². The summed E-state index contributed by atoms with van der Waals surface area (Å²) in [6.45, 7) is 2.52. The van der Waals surface area contributed by atoms with Gasteiger partial charge in [-0.1, -0.05) is 0 Å². The van der Waals surface area contributed by atoms with Crippen LogP contribution in [0.15, 0.2) is 18.2 Å². The summed E-state index contributed by atoms with van der Waals surface area (Å²) in [6, 6.07) is 5.65. The van der Waals surface area contributed by atoms with Gasteiger partial charge in [-0.25, -0.2) is 0 Å². The number of fused-ring (bicyclic) bond motifs is 1. The molecule has 0 aromatic heterocycles. The van der Waals surface area contributed by atoms with Crippen LogP contribution in [0.4, 0.5) is 5.69 Å². The van der Waals surface area contributed by atoms with E-state index in [1.165, 1.54) is 0 Å². The van der Waals surface area contributed by atoms with Crippen LogP contribution in [0, 0.1) is 0 Å². The molecular formula is C11H13NO3. The first-order valence-corrected chi connectivity index (χ1v) is 4.88. The lowest BCUT2D eigenvalue weighted by Crippen LogP contribution is -2.05. The molecule has 0 aliphatic carbocycles. The van der Waals surface area contributed by atoms with Gasteiger partial charge in [0.2, 0.25) is 6.79 Å². The monoisotopic (exact) mass is 207 g/mol. The normalized spacial score (nSPS) is 12.6. The molecule has 0 amide bonds. The van der Waals surface area contributed by atoms with Crippen LogP contribution in [0.2, 0.25) is 0 Å². The predicted octanol–water partition coefficient (Wildman–Crippen LogP) is 1.81. The van der Waals surface area contributed by atoms with Crippen LogP contribution in [-0.2, 0) is 4.79 Å². The average Bonchev–Trinajstić information content (AvgIpc) is 2.64. The third-order valence-corrected chi connectivity index (χ3v) is 2.18. The van der Waals surface area contributed by atoms with Gasteiger partial charge in [0.1, 0.15) is 5.78 Å². The Bertz CT molecular complexity index is 376. The van der Waals surface area contributed by atoms with E-state index in [4.69, 9.17) is 9.47 Å². The summed E-state index contributed by atoms with van der Waals surface area (Å²) < 4.78 is 10.4. The first-order valence-electron chi connectivity index (χ1n) is 4.88. The van der Waals surface area contributed by atoms with Gasteiger partial charge >= 0.3 is 0 Å². The molecule has 0 saturated carbocycles. The van der Waals surface area contributed by atoms with Crippen molar-refractivity contribution in [2.24, 2.45) is 0 Å². The van der Waals surface area contributed by atoms with Crippen LogP contribution >= 0.6 is 0 Å². The lowest BCUT2D eigenvalue weighted by molar-refractivity contribution is -0.116. The van der Waals surface area contributed by atoms with E-state index in [0.717, 1.165) is 17.2 Å². The van der Waals surface area contributed by atoms with Crippen LogP contribution in [0.1, 0.15) is 13.3 Å². The van der Waals surface area contributed by atoms with E-state index >= 15 is 0 Å². The molecule has 0 radical (unpaired) electrons. The van der Waals surface area contributed by atoms with Crippen molar-refractivity contribution in [1.82, 2.24) is 0 Å². The second-order valence-corrected chi connectivity index (χ2v) is 3.45. The zero-order valence-electron chi connectivity index (χ0n) is 8.58. The average molecular weight is 207 g/mol. The van der Waals surface area contributed by atoms with Gasteiger partial charge in [-0.2, -0.15) is 0 Å². The third-order valence-electron chi connectivity index (χ3n) is 2.18. The van der Waals surface area contributed by atoms with Gasteiger partial charge in [-0.05, 0) is 19.1 Å². The van der Waals surface area contributed by atoms with E-state index in [1.807, 2.05) is 18.2 Å². The summed E-state index contributed by atoms with van der Waals surface area (Å²) in [5.74, 6) is 1.71. The fourth-order valence-corrected chi connectivity index (χ4v) is 1.39. The van der Waals surface area contributed by atoms with Crippen molar-refractivity contribution in [1.29, 1.82) is 0 Å². The summed E-state index contributed by atoms with van der Waals surface area (Å²) in [7, 11) is 0. The number of anilines is 1. The fraction of sp³-hybridized carbons (Fsp3) is 0.364. The molecule has 1 aromatic carbocycles. The van der Waals surface area contributed by atoms with Gasteiger partial charge in [-0.3, -0.25) is 4.79 Å². The highest BCUT2D eigenvalue weighted by atomic mass is 16.7. The number of Topliss-reactive ketones (excluding diaryl/α,β-unsaturated/α-hetero) is 1. The first-order chi connectivity index (χ1) is 7.25. The number of ketones is 1. The van der Waals surface area contributed by atoms with Crippen LogP contribution in [-0.4, -0.2) is 19.1 Å². The van der Waals surface area contributed by atoms with Crippen molar-refractivity contribution >= 4 is 11.5 Å². The molecule has 0 unspecified atom stereocenters. The van der Waals surface area contributed by atoms with Gasteiger partial charge in [0, 0.05) is 24.7 Å². The molecule has 2 rings (SSSR count). The van der Waals surface area contributed by atoms with Crippen LogP contribution in [0.5, 0.6) is 11.5 Å². The molecule has 0 saturated heterocycles. The molecule has 1 N–H and O–H groups in total. The predicted molar refractivity (Wildman–Crippen MR) is 56.4 cm³/mol. The minimum atomic E-state index is 0.184. The van der Waals surface area contributed by atoms with Gasteiger partial charge < -0.3 is 14.8 Å². The number of hydrogen-bond acceptors (Lipinski definition) is 4. The Kier molecular flexibility index (Phi) is 2.76. The molecule has 0 atom stereocenters. The number of nitrogens with one attached hydrogen (secondary N) is 1. The van der Waals surface area contributed by atoms with Gasteiger partial charge in [0.25, 0.3) is 0 Å². The number of ether oxygens (including phenoxy) is 2. The number of hydrogen-bond donors (Lipinski definition) is 1. The summed E-state index contributed by atoms with van der Waals surface area (Å²) in [5.41, 5.74) is 0.945. The van der Waals surface area contributed by atoms with E-state index in [1.54, 1.807) is 6.92 Å². The van der Waals surface area contributed by atoms with E-state index in [0.29, 0.717) is 13.0 Å². The zero-order chi connectivity index (χ0) is 10.7. The first kappa shape index (κ1) is 9.83. The number of rotatable bonds is 4. The van der Waals surface area contributed by atoms with E-state index in [-0.39, 0.29) is 12.6 Å². The maximum absolute atomic E-state index is 10.7. The standard InChI is InChI=1S/C11H13NO3/c1-8(13)4-5-12-9-2-3-10-11(6-9)15-7-14-10/h2-3,6,12H,4-5,7H2,1H3. The second-order valence-electron chi connectivity index (χ2n) is 3.45. The second kappa shape index (κ2) is 4.21. The summed E-state index contributed by atoms with van der Waals surface area (Å²) in [4.78, 5) is 10.7. The summed E-state index contributed by atoms with van der Waals surface area (Å²) in [6.07, 6.45) is 0.536. The highest BCUT2D eigenvalue weighted by molar-refractivity contribution is 5.76. The highest BCUT2D eigenvalue weighted by Crippen LogP contribution is 2.34. The molecule has 1 heterocycles. The molecule has 0 fully saturated rings. The molecule has 1 aliphatic rings. The highest BCUT2D eigenvalue weighted by Gasteiger charge is 2.12. The summed E-state index contributed by atoms with van der Waals surface area (Å²) >= 11 is 0. The number of carbonyl (C=O) groups excluding carboxylic acids is 1. The smallest absolute Gasteiger partial charge is 0.231 e. The molecular weight excluding hydrogens is 194 g/mol. The minimum Gasteiger partial charge on any atom is -0.454 e. The fourth-order valence-electron chi connectivity index (χ4n) is 1.39. The zero-order valence-corrected chi connectivity index (χ0v) is 8.58. The molecule has 0 spiro atoms. The largest absolute Gasteiger partial charge is 0.454 e. The summed E-state index contributed by atoms with van der Waals surface area (Å²) in [5, 5.41) is 3.15. The Balaban J connectivity index is 1.95. The molecule has 4 nitrogen and oxygen atoms in total. The van der Waals surface area contributed by atoms with E-state index < -0.39 is 0 Å². The molecule has 80 valence electrons. The van der Waals surface area contributed by atoms with Crippen LogP contribution in [0.3, 0.4) is 0 Å². The van der Waals surface area contributed by atoms with Crippen molar-refractivity contribution in [3.05, 3.63) is 18.2 Å². The minimum absolute atomic E-state index is 0.184. The lowest BCUT2D eigenvalue weighted by Gasteiger charge is -2.05. The quantitative estimate of drug-likeness (QED) is 0.817. The molecule has 4 heteroatoms. The SMILES string of the molecule is CC(=O)CCNc1ccc2c(c1)OCO2. The van der Waals surface area contributed by atoms with Gasteiger partial charge in [0.05, 0.1) is 0 Å². The lowest BCUT2D eigenvalue weighted by atomic mass is 10.2. The Morgan fingerprint density at radius 3 is 3.00 bits per heavy atom. The molecule has 1 aliphatic heterocycles. The van der Waals surface area contributed by atoms with Gasteiger partial charge in [-0.15, -0.1) is 0 Å². The Labute approximate surface area is 88.2 Å². The Morgan fingerprint density at radius 1 is 1.40 bits per heavy atom. The number of carbonyl (C=O) groups is 1. The Morgan fingerprint density at radius 2 is 2.20 bits per heavy atom. The molecule has 15 heavy (non-hydrogen) atoms. The Hall–Kier alpha value is -1.71. The van der Waals surface area contributed by atoms with Crippen LogP contribution in [0.25, 0.3) is 0 Å². The van der Waals surface area contributed by atoms with Crippen LogP contribution < -0.4 is 14.8 Å².